The molecular weight excluding hydrogens is 479 g/mol. The van der Waals surface area contributed by atoms with Gasteiger partial charge in [-0.05, 0) is 35.0 Å². The van der Waals surface area contributed by atoms with E-state index in [1.165, 1.54) is 14.2 Å². The first kappa shape index (κ1) is 24.7. The van der Waals surface area contributed by atoms with Crippen molar-refractivity contribution in [2.24, 2.45) is 0 Å². The quantitative estimate of drug-likeness (QED) is 0.299. The molecule has 0 spiro atoms. The third-order valence-corrected chi connectivity index (χ3v) is 10.8. The fraction of sp³-hybridized carbons (Fsp3) is 0.185. The Hall–Kier alpha value is -3.41. The standard InChI is InChI=1S/C27H27N2O4PS/c1-32-25(30)23(29-19-18-28-27(29)35)24(26(31)33-2)34(20-12-6-3-7-13-20,21-14-8-4-9-15-21)22-16-10-5-11-17-22/h3-17,23H,18-19H2,1-2H3,(H,28,35). The summed E-state index contributed by atoms with van der Waals surface area (Å²) in [5.41, 5.74) is 0. The number of carbonyl (C=O) groups excluding carboxylic acids is 2. The monoisotopic (exact) mass is 506 g/mol. The lowest BCUT2D eigenvalue weighted by Crippen LogP contribution is -2.53. The predicted molar refractivity (Wildman–Crippen MR) is 145 cm³/mol. The zero-order valence-electron chi connectivity index (χ0n) is 19.6. The van der Waals surface area contributed by atoms with Gasteiger partial charge in [0.1, 0.15) is 0 Å². The van der Waals surface area contributed by atoms with Crippen LogP contribution in [0.3, 0.4) is 0 Å². The lowest BCUT2D eigenvalue weighted by Gasteiger charge is -2.36. The SMILES string of the molecule is COC(=O)C(C(C(=O)OC)N1CCNC1=S)=P(c1ccccc1)(c1ccccc1)c1ccccc1. The third kappa shape index (κ3) is 4.49. The highest BCUT2D eigenvalue weighted by Gasteiger charge is 2.45. The number of nitrogens with zero attached hydrogens (tertiary/aromatic N) is 1. The summed E-state index contributed by atoms with van der Waals surface area (Å²) in [4.78, 5) is 29.1. The molecule has 1 aliphatic heterocycles. The van der Waals surface area contributed by atoms with Gasteiger partial charge >= 0.3 is 11.9 Å². The molecule has 1 unspecified atom stereocenters. The van der Waals surface area contributed by atoms with E-state index in [1.54, 1.807) is 4.90 Å². The minimum atomic E-state index is -2.93. The summed E-state index contributed by atoms with van der Waals surface area (Å²) in [5.74, 6) is -1.14. The van der Waals surface area contributed by atoms with E-state index in [0.717, 1.165) is 15.9 Å². The molecular formula is C27H27N2O4PS. The Morgan fingerprint density at radius 3 is 1.63 bits per heavy atom. The first-order valence-corrected chi connectivity index (χ1v) is 13.4. The summed E-state index contributed by atoms with van der Waals surface area (Å²) < 4.78 is 10.7. The van der Waals surface area contributed by atoms with Crippen LogP contribution in [0.15, 0.2) is 91.0 Å². The third-order valence-electron chi connectivity index (χ3n) is 6.07. The Morgan fingerprint density at radius 2 is 1.29 bits per heavy atom. The van der Waals surface area contributed by atoms with Crippen LogP contribution in [0, 0.1) is 0 Å². The Labute approximate surface area is 210 Å². The van der Waals surface area contributed by atoms with Gasteiger partial charge in [-0.25, -0.2) is 9.59 Å². The first-order chi connectivity index (χ1) is 17.1. The number of ether oxygens (including phenoxy) is 2. The number of hydrogen-bond acceptors (Lipinski definition) is 5. The molecule has 1 saturated heterocycles. The molecule has 6 nitrogen and oxygen atoms in total. The molecule has 0 aromatic heterocycles. The Morgan fingerprint density at radius 1 is 0.829 bits per heavy atom. The minimum Gasteiger partial charge on any atom is -0.467 e. The fourth-order valence-electron chi connectivity index (χ4n) is 4.59. The minimum absolute atomic E-state index is 0.321. The van der Waals surface area contributed by atoms with Crippen LogP contribution in [0.4, 0.5) is 0 Å². The maximum absolute atomic E-state index is 13.9. The molecule has 3 aromatic carbocycles. The molecule has 4 rings (SSSR count). The molecule has 8 heteroatoms. The number of rotatable bonds is 7. The first-order valence-electron chi connectivity index (χ1n) is 11.2. The fourth-order valence-corrected chi connectivity index (χ4v) is 9.45. The van der Waals surface area contributed by atoms with Gasteiger partial charge in [-0.3, -0.25) is 0 Å². The van der Waals surface area contributed by atoms with Crippen molar-refractivity contribution in [1.82, 2.24) is 10.2 Å². The van der Waals surface area contributed by atoms with Gasteiger partial charge in [-0.1, -0.05) is 91.0 Å². The molecule has 0 saturated carbocycles. The highest BCUT2D eigenvalue weighted by Crippen LogP contribution is 2.47. The van der Waals surface area contributed by atoms with E-state index in [4.69, 9.17) is 21.7 Å². The van der Waals surface area contributed by atoms with Crippen molar-refractivity contribution in [2.75, 3.05) is 27.3 Å². The van der Waals surface area contributed by atoms with Crippen molar-refractivity contribution >= 4 is 57.4 Å². The second-order valence-corrected chi connectivity index (χ2v) is 11.7. The number of benzene rings is 3. The second-order valence-electron chi connectivity index (χ2n) is 7.91. The highest BCUT2D eigenvalue weighted by molar-refractivity contribution is 7.96. The summed E-state index contributed by atoms with van der Waals surface area (Å²) in [7, 11) is 2.66. The molecule has 35 heavy (non-hydrogen) atoms. The number of hydrogen-bond donors (Lipinski definition) is 1. The van der Waals surface area contributed by atoms with Gasteiger partial charge in [0, 0.05) is 13.1 Å². The molecule has 0 bridgehead atoms. The smallest absolute Gasteiger partial charge is 0.337 e. The van der Waals surface area contributed by atoms with Crippen LogP contribution in [0.2, 0.25) is 0 Å². The van der Waals surface area contributed by atoms with Gasteiger partial charge < -0.3 is 19.7 Å². The lowest BCUT2D eigenvalue weighted by molar-refractivity contribution is -0.144. The van der Waals surface area contributed by atoms with Crippen molar-refractivity contribution < 1.29 is 19.1 Å². The van der Waals surface area contributed by atoms with Crippen LogP contribution in [0.25, 0.3) is 0 Å². The van der Waals surface area contributed by atoms with E-state index >= 15 is 0 Å². The maximum atomic E-state index is 13.9. The predicted octanol–water partition coefficient (Wildman–Crippen LogP) is 2.06. The summed E-state index contributed by atoms with van der Waals surface area (Å²) in [6, 6.07) is 28.4. The van der Waals surface area contributed by atoms with Crippen LogP contribution in [0.5, 0.6) is 0 Å². The van der Waals surface area contributed by atoms with E-state index in [9.17, 15) is 9.59 Å². The topological polar surface area (TPSA) is 67.9 Å². The molecule has 1 heterocycles. The average Bonchev–Trinajstić information content (AvgIpc) is 3.34. The number of thiocarbonyl (C=S) groups is 1. The van der Waals surface area contributed by atoms with Gasteiger partial charge in [0.2, 0.25) is 0 Å². The molecule has 1 aliphatic rings. The highest BCUT2D eigenvalue weighted by atomic mass is 32.1. The summed E-state index contributed by atoms with van der Waals surface area (Å²) in [5, 5.41) is 6.59. The number of esters is 2. The largest absolute Gasteiger partial charge is 0.467 e. The summed E-state index contributed by atoms with van der Waals surface area (Å²) in [6.45, 7) is -1.91. The zero-order valence-corrected chi connectivity index (χ0v) is 21.3. The number of methoxy groups -OCH3 is 2. The van der Waals surface area contributed by atoms with Gasteiger partial charge in [0.15, 0.2) is 11.2 Å². The molecule has 0 aliphatic carbocycles. The Kier molecular flexibility index (Phi) is 7.69. The van der Waals surface area contributed by atoms with Crippen LogP contribution < -0.4 is 21.2 Å². The van der Waals surface area contributed by atoms with Crippen molar-refractivity contribution in [3.63, 3.8) is 0 Å². The molecule has 0 radical (unpaired) electrons. The van der Waals surface area contributed by atoms with Crippen molar-refractivity contribution in [2.45, 2.75) is 6.04 Å². The van der Waals surface area contributed by atoms with E-state index in [1.807, 2.05) is 91.0 Å². The van der Waals surface area contributed by atoms with E-state index < -0.39 is 24.9 Å². The van der Waals surface area contributed by atoms with Gasteiger partial charge in [0.05, 0.1) is 19.5 Å². The van der Waals surface area contributed by atoms with Crippen LogP contribution in [-0.4, -0.2) is 60.6 Å². The summed E-state index contributed by atoms with van der Waals surface area (Å²) >= 11 is 5.55. The van der Waals surface area contributed by atoms with E-state index in [0.29, 0.717) is 23.5 Å². The van der Waals surface area contributed by atoms with E-state index in [2.05, 4.69) is 5.32 Å². The Bertz CT molecular complexity index is 1160. The molecule has 0 amide bonds. The van der Waals surface area contributed by atoms with Crippen molar-refractivity contribution in [3.8, 4) is 0 Å². The molecule has 1 atom stereocenters. The molecule has 1 fully saturated rings. The van der Waals surface area contributed by atoms with Gasteiger partial charge in [-0.2, -0.15) is 0 Å². The maximum Gasteiger partial charge on any atom is 0.337 e. The van der Waals surface area contributed by atoms with Gasteiger partial charge in [0.25, 0.3) is 0 Å². The lowest BCUT2D eigenvalue weighted by atomic mass is 10.2. The Balaban J connectivity index is 2.28. The normalized spacial score (nSPS) is 14.1. The second kappa shape index (κ2) is 10.9. The molecule has 180 valence electrons. The molecule has 3 aromatic rings. The van der Waals surface area contributed by atoms with Crippen molar-refractivity contribution in [3.05, 3.63) is 91.0 Å². The van der Waals surface area contributed by atoms with Crippen LogP contribution in [0.1, 0.15) is 0 Å². The summed E-state index contributed by atoms with van der Waals surface area (Å²) in [6.07, 6.45) is 0. The van der Waals surface area contributed by atoms with Crippen molar-refractivity contribution in [1.29, 1.82) is 0 Å². The number of carbonyl (C=O) groups is 2. The van der Waals surface area contributed by atoms with Crippen LogP contribution in [-0.2, 0) is 19.1 Å². The molecule has 1 N–H and O–H groups in total. The number of nitrogens with one attached hydrogen (secondary N) is 1. The van der Waals surface area contributed by atoms with Crippen LogP contribution >= 0.6 is 19.1 Å². The van der Waals surface area contributed by atoms with E-state index in [-0.39, 0.29) is 0 Å². The zero-order chi connectivity index (χ0) is 24.8. The van der Waals surface area contributed by atoms with Gasteiger partial charge in [-0.15, -0.1) is 0 Å². The average molecular weight is 507 g/mol.